The molecule has 0 saturated carbocycles. The van der Waals surface area contributed by atoms with Crippen molar-refractivity contribution < 1.29 is 9.53 Å². The maximum atomic E-state index is 12.6. The van der Waals surface area contributed by atoms with Crippen LogP contribution < -0.4 is 10.1 Å². The summed E-state index contributed by atoms with van der Waals surface area (Å²) < 4.78 is 6.74. The van der Waals surface area contributed by atoms with Gasteiger partial charge in [-0.2, -0.15) is 5.26 Å². The number of nitrogens with zero attached hydrogens (tertiary/aromatic N) is 1. The standard InChI is InChI=1S/C29H23BrN2O2/c1-2-20-8-12-26(13-9-20)32-29(33)25(18-31)15-21-10-14-28(27(30)17-21)34-19-22-7-11-23-5-3-4-6-24(23)16-22/h3-17H,2,19H2,1H3,(H,32,33). The van der Waals surface area contributed by atoms with Crippen LogP contribution in [0.4, 0.5) is 5.69 Å². The van der Waals surface area contributed by atoms with Crippen LogP contribution in [0.1, 0.15) is 23.6 Å². The second kappa shape index (κ2) is 10.8. The van der Waals surface area contributed by atoms with Crippen molar-refractivity contribution in [3.8, 4) is 11.8 Å². The summed E-state index contributed by atoms with van der Waals surface area (Å²) in [6, 6.07) is 29.5. The second-order valence-corrected chi connectivity index (χ2v) is 8.69. The first-order valence-electron chi connectivity index (χ1n) is 11.0. The number of ether oxygens (including phenoxy) is 1. The molecule has 34 heavy (non-hydrogen) atoms. The van der Waals surface area contributed by atoms with Crippen LogP contribution in [0.3, 0.4) is 0 Å². The van der Waals surface area contributed by atoms with Gasteiger partial charge in [0.25, 0.3) is 5.91 Å². The van der Waals surface area contributed by atoms with E-state index in [0.29, 0.717) is 18.0 Å². The van der Waals surface area contributed by atoms with E-state index in [-0.39, 0.29) is 5.57 Å². The molecule has 4 aromatic carbocycles. The van der Waals surface area contributed by atoms with Crippen molar-refractivity contribution in [2.75, 3.05) is 5.32 Å². The van der Waals surface area contributed by atoms with Crippen LogP contribution in [0.2, 0.25) is 0 Å². The lowest BCUT2D eigenvalue weighted by Crippen LogP contribution is -2.13. The zero-order chi connectivity index (χ0) is 23.9. The van der Waals surface area contributed by atoms with E-state index < -0.39 is 5.91 Å². The molecule has 0 fully saturated rings. The molecule has 0 atom stereocenters. The van der Waals surface area contributed by atoms with Crippen LogP contribution in [0.25, 0.3) is 16.8 Å². The summed E-state index contributed by atoms with van der Waals surface area (Å²) in [5.74, 6) is 0.240. The van der Waals surface area contributed by atoms with Gasteiger partial charge in [-0.05, 0) is 86.2 Å². The molecule has 0 aromatic heterocycles. The molecule has 4 nitrogen and oxygen atoms in total. The molecule has 1 N–H and O–H groups in total. The number of nitrogens with one attached hydrogen (secondary N) is 1. The molecule has 0 unspecified atom stereocenters. The van der Waals surface area contributed by atoms with Gasteiger partial charge < -0.3 is 10.1 Å². The van der Waals surface area contributed by atoms with Gasteiger partial charge in [0.1, 0.15) is 24.0 Å². The monoisotopic (exact) mass is 510 g/mol. The summed E-state index contributed by atoms with van der Waals surface area (Å²) in [4.78, 5) is 12.6. The molecule has 0 bridgehead atoms. The first-order chi connectivity index (χ1) is 16.6. The summed E-state index contributed by atoms with van der Waals surface area (Å²) in [6.07, 6.45) is 2.49. The predicted molar refractivity (Wildman–Crippen MR) is 140 cm³/mol. The number of carbonyl (C=O) groups is 1. The Morgan fingerprint density at radius 3 is 2.41 bits per heavy atom. The Kier molecular flexibility index (Phi) is 7.41. The van der Waals surface area contributed by atoms with Crippen LogP contribution >= 0.6 is 15.9 Å². The van der Waals surface area contributed by atoms with Gasteiger partial charge in [0, 0.05) is 5.69 Å². The minimum Gasteiger partial charge on any atom is -0.488 e. The van der Waals surface area contributed by atoms with E-state index in [1.165, 1.54) is 16.3 Å². The number of nitriles is 1. The summed E-state index contributed by atoms with van der Waals surface area (Å²) in [6.45, 7) is 2.50. The van der Waals surface area contributed by atoms with Crippen LogP contribution in [-0.2, 0) is 17.8 Å². The Morgan fingerprint density at radius 2 is 1.71 bits per heavy atom. The minimum absolute atomic E-state index is 0.0244. The maximum absolute atomic E-state index is 12.6. The molecule has 4 aromatic rings. The fourth-order valence-corrected chi connectivity index (χ4v) is 4.06. The molecular weight excluding hydrogens is 488 g/mol. The number of rotatable bonds is 7. The number of fused-ring (bicyclic) bond motifs is 1. The highest BCUT2D eigenvalue weighted by atomic mass is 79.9. The number of hydrogen-bond acceptors (Lipinski definition) is 3. The Labute approximate surface area is 207 Å². The van der Waals surface area contributed by atoms with E-state index in [1.807, 2.05) is 60.7 Å². The number of aryl methyl sites for hydroxylation is 1. The first kappa shape index (κ1) is 23.3. The van der Waals surface area contributed by atoms with Gasteiger partial charge in [-0.25, -0.2) is 0 Å². The maximum Gasteiger partial charge on any atom is 0.266 e. The lowest BCUT2D eigenvalue weighted by molar-refractivity contribution is -0.112. The number of anilines is 1. The third kappa shape index (κ3) is 5.72. The first-order valence-corrected chi connectivity index (χ1v) is 11.8. The van der Waals surface area contributed by atoms with Crippen LogP contribution in [0.15, 0.2) is 95.0 Å². The van der Waals surface area contributed by atoms with E-state index in [1.54, 1.807) is 6.08 Å². The molecule has 0 aliphatic carbocycles. The molecule has 0 saturated heterocycles. The number of hydrogen-bond donors (Lipinski definition) is 1. The zero-order valence-electron chi connectivity index (χ0n) is 18.7. The normalized spacial score (nSPS) is 11.1. The van der Waals surface area contributed by atoms with Gasteiger partial charge in [-0.1, -0.05) is 61.5 Å². The third-order valence-corrected chi connectivity index (χ3v) is 6.08. The summed E-state index contributed by atoms with van der Waals surface area (Å²) in [7, 11) is 0. The lowest BCUT2D eigenvalue weighted by Gasteiger charge is -2.10. The smallest absolute Gasteiger partial charge is 0.266 e. The highest BCUT2D eigenvalue weighted by molar-refractivity contribution is 9.10. The molecule has 5 heteroatoms. The fourth-order valence-electron chi connectivity index (χ4n) is 3.55. The molecule has 0 aliphatic heterocycles. The van der Waals surface area contributed by atoms with E-state index in [4.69, 9.17) is 4.74 Å². The number of carbonyl (C=O) groups excluding carboxylic acids is 1. The molecule has 0 spiro atoms. The molecule has 0 aliphatic rings. The Balaban J connectivity index is 1.43. The van der Waals surface area contributed by atoms with Gasteiger partial charge in [0.05, 0.1) is 4.47 Å². The second-order valence-electron chi connectivity index (χ2n) is 7.83. The third-order valence-electron chi connectivity index (χ3n) is 5.46. The zero-order valence-corrected chi connectivity index (χ0v) is 20.3. The molecule has 0 heterocycles. The van der Waals surface area contributed by atoms with Crippen LogP contribution in [0, 0.1) is 11.3 Å². The van der Waals surface area contributed by atoms with Gasteiger partial charge in [0.2, 0.25) is 0 Å². The average Bonchev–Trinajstić information content (AvgIpc) is 2.87. The van der Waals surface area contributed by atoms with Crippen LogP contribution in [-0.4, -0.2) is 5.91 Å². The highest BCUT2D eigenvalue weighted by Gasteiger charge is 2.11. The quantitative estimate of drug-likeness (QED) is 0.209. The molecule has 168 valence electrons. The summed E-state index contributed by atoms with van der Waals surface area (Å²) >= 11 is 3.54. The topological polar surface area (TPSA) is 62.1 Å². The van der Waals surface area contributed by atoms with Gasteiger partial charge >= 0.3 is 0 Å². The largest absolute Gasteiger partial charge is 0.488 e. The molecular formula is C29H23BrN2O2. The van der Waals surface area contributed by atoms with Gasteiger partial charge in [0.15, 0.2) is 0 Å². The van der Waals surface area contributed by atoms with Gasteiger partial charge in [-0.15, -0.1) is 0 Å². The van der Waals surface area contributed by atoms with E-state index in [9.17, 15) is 10.1 Å². The number of benzene rings is 4. The number of halogens is 1. The van der Waals surface area contributed by atoms with Crippen molar-refractivity contribution in [3.63, 3.8) is 0 Å². The number of amides is 1. The van der Waals surface area contributed by atoms with Crippen molar-refractivity contribution in [1.82, 2.24) is 0 Å². The molecule has 1 amide bonds. The summed E-state index contributed by atoms with van der Waals surface area (Å²) in [5, 5.41) is 14.7. The molecule has 0 radical (unpaired) electrons. The van der Waals surface area contributed by atoms with Crippen molar-refractivity contribution in [2.24, 2.45) is 0 Å². The lowest BCUT2D eigenvalue weighted by atomic mass is 10.1. The Bertz CT molecular complexity index is 1400. The Morgan fingerprint density at radius 1 is 0.971 bits per heavy atom. The minimum atomic E-state index is -0.445. The van der Waals surface area contributed by atoms with E-state index >= 15 is 0 Å². The summed E-state index contributed by atoms with van der Waals surface area (Å²) in [5.41, 5.74) is 3.66. The van der Waals surface area contributed by atoms with Crippen molar-refractivity contribution in [1.29, 1.82) is 5.26 Å². The van der Waals surface area contributed by atoms with Crippen molar-refractivity contribution in [3.05, 3.63) is 112 Å². The van der Waals surface area contributed by atoms with E-state index in [0.717, 1.165) is 22.0 Å². The predicted octanol–water partition coefficient (Wildman–Crippen LogP) is 7.29. The van der Waals surface area contributed by atoms with E-state index in [2.05, 4.69) is 58.5 Å². The Hall–Kier alpha value is -3.88. The van der Waals surface area contributed by atoms with Gasteiger partial charge in [-0.3, -0.25) is 4.79 Å². The fraction of sp³-hybridized carbons (Fsp3) is 0.103. The highest BCUT2D eigenvalue weighted by Crippen LogP contribution is 2.28. The SMILES string of the molecule is CCc1ccc(NC(=O)C(C#N)=Cc2ccc(OCc3ccc4ccccc4c3)c(Br)c2)cc1. The average molecular weight is 511 g/mol. The van der Waals surface area contributed by atoms with Crippen LogP contribution in [0.5, 0.6) is 5.75 Å². The molecule has 4 rings (SSSR count). The van der Waals surface area contributed by atoms with Crippen molar-refractivity contribution >= 4 is 44.4 Å². The van der Waals surface area contributed by atoms with Crippen molar-refractivity contribution in [2.45, 2.75) is 20.0 Å².